The monoisotopic (exact) mass is 185 g/mol. The van der Waals surface area contributed by atoms with Crippen LogP contribution in [0.15, 0.2) is 30.3 Å². The minimum atomic E-state index is 0.468. The van der Waals surface area contributed by atoms with Crippen molar-refractivity contribution in [3.8, 4) is 11.8 Å². The first-order valence-electron chi connectivity index (χ1n) is 5.13. The van der Waals surface area contributed by atoms with E-state index in [4.69, 9.17) is 0 Å². The first-order valence-corrected chi connectivity index (χ1v) is 5.13. The summed E-state index contributed by atoms with van der Waals surface area (Å²) >= 11 is 0. The van der Waals surface area contributed by atoms with Crippen molar-refractivity contribution >= 4 is 0 Å². The van der Waals surface area contributed by atoms with Crippen molar-refractivity contribution in [2.24, 2.45) is 0 Å². The van der Waals surface area contributed by atoms with Crippen LogP contribution in [0, 0.1) is 11.8 Å². The third-order valence-electron chi connectivity index (χ3n) is 2.68. The molecule has 0 aliphatic carbocycles. The predicted octanol–water partition coefficient (Wildman–Crippen LogP) is 2.13. The number of likely N-dealkylation sites (tertiary alicyclic amines) is 1. The van der Waals surface area contributed by atoms with Gasteiger partial charge in [0.1, 0.15) is 0 Å². The van der Waals surface area contributed by atoms with E-state index in [2.05, 4.69) is 35.9 Å². The minimum absolute atomic E-state index is 0.468. The molecule has 1 saturated heterocycles. The zero-order valence-corrected chi connectivity index (χ0v) is 8.53. The Morgan fingerprint density at radius 2 is 2.07 bits per heavy atom. The second kappa shape index (κ2) is 4.30. The van der Waals surface area contributed by atoms with Crippen LogP contribution in [0.5, 0.6) is 0 Å². The minimum Gasteiger partial charge on any atom is -0.293 e. The molecule has 0 unspecified atom stereocenters. The Balaban J connectivity index is 2.07. The van der Waals surface area contributed by atoms with Crippen LogP contribution in [0.2, 0.25) is 0 Å². The van der Waals surface area contributed by atoms with Crippen molar-refractivity contribution in [1.82, 2.24) is 4.90 Å². The van der Waals surface area contributed by atoms with E-state index in [9.17, 15) is 0 Å². The normalized spacial score (nSPS) is 21.6. The lowest BCUT2D eigenvalue weighted by Gasteiger charge is -2.12. The van der Waals surface area contributed by atoms with Crippen LogP contribution < -0.4 is 0 Å². The molecule has 1 aromatic carbocycles. The summed E-state index contributed by atoms with van der Waals surface area (Å²) in [4.78, 5) is 2.33. The molecule has 72 valence electrons. The van der Waals surface area contributed by atoms with Crippen LogP contribution in [-0.4, -0.2) is 24.5 Å². The highest BCUT2D eigenvalue weighted by atomic mass is 15.1. The highest BCUT2D eigenvalue weighted by Crippen LogP contribution is 2.13. The van der Waals surface area contributed by atoms with Crippen LogP contribution in [-0.2, 0) is 0 Å². The highest BCUT2D eigenvalue weighted by Gasteiger charge is 2.17. The molecule has 0 saturated carbocycles. The van der Waals surface area contributed by atoms with Gasteiger partial charge in [0.25, 0.3) is 0 Å². The van der Waals surface area contributed by atoms with Crippen molar-refractivity contribution in [2.75, 3.05) is 13.6 Å². The smallest absolute Gasteiger partial charge is 0.0716 e. The van der Waals surface area contributed by atoms with Gasteiger partial charge in [-0.1, -0.05) is 30.0 Å². The largest absolute Gasteiger partial charge is 0.293 e. The predicted molar refractivity (Wildman–Crippen MR) is 59.0 cm³/mol. The summed E-state index contributed by atoms with van der Waals surface area (Å²) in [5.41, 5.74) is 1.12. The Hall–Kier alpha value is -1.26. The average Bonchev–Trinajstić information content (AvgIpc) is 2.63. The van der Waals surface area contributed by atoms with Crippen molar-refractivity contribution in [2.45, 2.75) is 18.9 Å². The third kappa shape index (κ3) is 2.16. The Labute approximate surface area is 85.7 Å². The van der Waals surface area contributed by atoms with Gasteiger partial charge in [0.2, 0.25) is 0 Å². The molecule has 0 amide bonds. The summed E-state index contributed by atoms with van der Waals surface area (Å²) in [5, 5.41) is 0. The quantitative estimate of drug-likeness (QED) is 0.560. The molecule has 1 heterocycles. The molecule has 1 aliphatic heterocycles. The molecule has 14 heavy (non-hydrogen) atoms. The van der Waals surface area contributed by atoms with Crippen molar-refractivity contribution < 1.29 is 0 Å². The summed E-state index contributed by atoms with van der Waals surface area (Å²) in [6.45, 7) is 1.19. The Morgan fingerprint density at radius 3 is 2.71 bits per heavy atom. The number of benzene rings is 1. The maximum atomic E-state index is 3.32. The zero-order chi connectivity index (χ0) is 9.80. The first-order chi connectivity index (χ1) is 6.86. The third-order valence-corrected chi connectivity index (χ3v) is 2.68. The van der Waals surface area contributed by atoms with Gasteiger partial charge in [0.15, 0.2) is 0 Å². The Bertz CT molecular complexity index is 344. The van der Waals surface area contributed by atoms with E-state index < -0.39 is 0 Å². The molecule has 0 bridgehead atoms. The second-order valence-electron chi connectivity index (χ2n) is 3.77. The van der Waals surface area contributed by atoms with Gasteiger partial charge in [-0.3, -0.25) is 4.90 Å². The number of hydrogen-bond acceptors (Lipinski definition) is 1. The van der Waals surface area contributed by atoms with Crippen LogP contribution in [0.3, 0.4) is 0 Å². The Morgan fingerprint density at radius 1 is 1.29 bits per heavy atom. The molecule has 0 aromatic heterocycles. The van der Waals surface area contributed by atoms with Crippen molar-refractivity contribution in [3.05, 3.63) is 35.9 Å². The standard InChI is InChI=1S/C13H15N/c1-14-11-5-8-13(14)10-9-12-6-3-2-4-7-12/h2-4,6-7,13H,5,8,11H2,1H3/t13-/m1/s1. The Kier molecular flexibility index (Phi) is 2.86. The van der Waals surface area contributed by atoms with Crippen LogP contribution in [0.25, 0.3) is 0 Å². The van der Waals surface area contributed by atoms with E-state index in [0.717, 1.165) is 5.56 Å². The van der Waals surface area contributed by atoms with Crippen molar-refractivity contribution in [3.63, 3.8) is 0 Å². The molecule has 0 N–H and O–H groups in total. The lowest BCUT2D eigenvalue weighted by atomic mass is 10.2. The maximum absolute atomic E-state index is 3.32. The second-order valence-corrected chi connectivity index (χ2v) is 3.77. The SMILES string of the molecule is CN1CCC[C@@H]1C#Cc1ccccc1. The van der Waals surface area contributed by atoms with Gasteiger partial charge in [0, 0.05) is 5.56 Å². The van der Waals surface area contributed by atoms with Gasteiger partial charge in [0.05, 0.1) is 6.04 Å². The van der Waals surface area contributed by atoms with Gasteiger partial charge in [-0.25, -0.2) is 0 Å². The van der Waals surface area contributed by atoms with E-state index in [1.165, 1.54) is 19.4 Å². The molecule has 1 aliphatic rings. The molecule has 2 rings (SSSR count). The van der Waals surface area contributed by atoms with Crippen LogP contribution >= 0.6 is 0 Å². The fourth-order valence-electron chi connectivity index (χ4n) is 1.78. The van der Waals surface area contributed by atoms with Gasteiger partial charge < -0.3 is 0 Å². The molecular weight excluding hydrogens is 170 g/mol. The van der Waals surface area contributed by atoms with E-state index in [0.29, 0.717) is 6.04 Å². The van der Waals surface area contributed by atoms with Crippen molar-refractivity contribution in [1.29, 1.82) is 0 Å². The van der Waals surface area contributed by atoms with Gasteiger partial charge >= 0.3 is 0 Å². The average molecular weight is 185 g/mol. The summed E-state index contributed by atoms with van der Waals surface area (Å²) in [7, 11) is 2.15. The van der Waals surface area contributed by atoms with Crippen LogP contribution in [0.1, 0.15) is 18.4 Å². The fraction of sp³-hybridized carbons (Fsp3) is 0.385. The molecule has 1 aromatic rings. The summed E-state index contributed by atoms with van der Waals surface area (Å²) in [6.07, 6.45) is 2.50. The van der Waals surface area contributed by atoms with Gasteiger partial charge in [-0.15, -0.1) is 0 Å². The molecular formula is C13H15N. The molecule has 1 heteroatoms. The number of nitrogens with zero attached hydrogens (tertiary/aromatic N) is 1. The van der Waals surface area contributed by atoms with E-state index >= 15 is 0 Å². The van der Waals surface area contributed by atoms with Gasteiger partial charge in [-0.2, -0.15) is 0 Å². The van der Waals surface area contributed by atoms with Crippen LogP contribution in [0.4, 0.5) is 0 Å². The molecule has 1 atom stereocenters. The lowest BCUT2D eigenvalue weighted by molar-refractivity contribution is 0.365. The fourth-order valence-corrected chi connectivity index (χ4v) is 1.78. The molecule has 1 fully saturated rings. The van der Waals surface area contributed by atoms with E-state index in [1.807, 2.05) is 18.2 Å². The lowest BCUT2D eigenvalue weighted by Crippen LogP contribution is -2.22. The number of rotatable bonds is 0. The summed E-state index contributed by atoms with van der Waals surface area (Å²) in [5.74, 6) is 6.55. The maximum Gasteiger partial charge on any atom is 0.0716 e. The van der Waals surface area contributed by atoms with E-state index in [1.54, 1.807) is 0 Å². The summed E-state index contributed by atoms with van der Waals surface area (Å²) < 4.78 is 0. The van der Waals surface area contributed by atoms with E-state index in [-0.39, 0.29) is 0 Å². The zero-order valence-electron chi connectivity index (χ0n) is 8.53. The number of hydrogen-bond donors (Lipinski definition) is 0. The summed E-state index contributed by atoms with van der Waals surface area (Å²) in [6, 6.07) is 10.7. The topological polar surface area (TPSA) is 3.24 Å². The first kappa shape index (κ1) is 9.30. The molecule has 1 nitrogen and oxygen atoms in total. The molecule has 0 spiro atoms. The van der Waals surface area contributed by atoms with Gasteiger partial charge in [-0.05, 0) is 38.6 Å². The molecule has 0 radical (unpaired) electrons. The highest BCUT2D eigenvalue weighted by molar-refractivity contribution is 5.34.